The molecule has 1 aromatic carbocycles. The van der Waals surface area contributed by atoms with Gasteiger partial charge in [0.2, 0.25) is 11.8 Å². The first-order valence-electron chi connectivity index (χ1n) is 9.18. The second kappa shape index (κ2) is 11.5. The first-order valence-corrected chi connectivity index (χ1v) is 9.18. The number of benzene rings is 1. The molecule has 0 aromatic heterocycles. The second-order valence-corrected chi connectivity index (χ2v) is 7.11. The van der Waals surface area contributed by atoms with Crippen LogP contribution in [0.15, 0.2) is 24.3 Å². The van der Waals surface area contributed by atoms with Gasteiger partial charge in [0.05, 0.1) is 6.42 Å². The predicted molar refractivity (Wildman–Crippen MR) is 113 cm³/mol. The number of halogens is 2. The zero-order valence-corrected chi connectivity index (χ0v) is 17.4. The summed E-state index contributed by atoms with van der Waals surface area (Å²) in [5.41, 5.74) is 1.72. The second-order valence-electron chi connectivity index (χ2n) is 7.11. The number of hydrogen-bond donors (Lipinski definition) is 2. The molecule has 2 amide bonds. The van der Waals surface area contributed by atoms with Crippen molar-refractivity contribution in [2.24, 2.45) is 0 Å². The molecule has 3 rings (SSSR count). The molecule has 1 unspecified atom stereocenters. The fraction of sp³-hybridized carbons (Fsp3) is 0.579. The summed E-state index contributed by atoms with van der Waals surface area (Å²) in [6.07, 6.45) is 3.09. The molecule has 2 fully saturated rings. The number of carbonyl (C=O) groups excluding carboxylic acids is 2. The summed E-state index contributed by atoms with van der Waals surface area (Å²) in [4.78, 5) is 28.8. The summed E-state index contributed by atoms with van der Waals surface area (Å²) < 4.78 is 0. The fourth-order valence-corrected chi connectivity index (χ4v) is 3.47. The first-order chi connectivity index (χ1) is 12.1. The van der Waals surface area contributed by atoms with Crippen molar-refractivity contribution in [1.29, 1.82) is 0 Å². The molecule has 0 bridgehead atoms. The maximum atomic E-state index is 12.4. The smallest absolute Gasteiger partial charge is 0.227 e. The van der Waals surface area contributed by atoms with Crippen LogP contribution in [-0.4, -0.2) is 67.4 Å². The lowest BCUT2D eigenvalue weighted by Crippen LogP contribution is -2.47. The Kier molecular flexibility index (Phi) is 10.1. The number of piperazine rings is 1. The topological polar surface area (TPSA) is 64.7 Å². The Labute approximate surface area is 173 Å². The fourth-order valence-electron chi connectivity index (χ4n) is 3.47. The van der Waals surface area contributed by atoms with Crippen LogP contribution >= 0.6 is 24.8 Å². The van der Waals surface area contributed by atoms with Crippen LogP contribution in [0, 0.1) is 0 Å². The number of amides is 2. The van der Waals surface area contributed by atoms with E-state index in [1.165, 1.54) is 0 Å². The van der Waals surface area contributed by atoms with E-state index in [0.717, 1.165) is 56.8 Å². The largest absolute Gasteiger partial charge is 0.340 e. The van der Waals surface area contributed by atoms with Crippen LogP contribution in [0.25, 0.3) is 0 Å². The molecule has 1 atom stereocenters. The van der Waals surface area contributed by atoms with Crippen molar-refractivity contribution in [3.05, 3.63) is 29.8 Å². The van der Waals surface area contributed by atoms with E-state index < -0.39 is 0 Å². The lowest BCUT2D eigenvalue weighted by Gasteiger charge is -2.32. The zero-order chi connectivity index (χ0) is 17.6. The van der Waals surface area contributed by atoms with Crippen LogP contribution in [0.4, 0.5) is 5.69 Å². The third-order valence-electron chi connectivity index (χ3n) is 5.02. The first kappa shape index (κ1) is 23.7. The summed E-state index contributed by atoms with van der Waals surface area (Å²) in [5, 5.41) is 6.29. The highest BCUT2D eigenvalue weighted by atomic mass is 35.5. The van der Waals surface area contributed by atoms with E-state index in [4.69, 9.17) is 0 Å². The molecule has 6 nitrogen and oxygen atoms in total. The highest BCUT2D eigenvalue weighted by molar-refractivity contribution is 5.91. The molecule has 0 spiro atoms. The summed E-state index contributed by atoms with van der Waals surface area (Å²) in [6.45, 7) is 4.44. The van der Waals surface area contributed by atoms with Crippen molar-refractivity contribution in [2.75, 3.05) is 45.1 Å². The number of anilines is 1. The Bertz CT molecular complexity index is 615. The van der Waals surface area contributed by atoms with Gasteiger partial charge in [0.25, 0.3) is 0 Å². The van der Waals surface area contributed by atoms with Crippen LogP contribution in [-0.2, 0) is 16.0 Å². The average Bonchev–Trinajstić information content (AvgIpc) is 3.08. The van der Waals surface area contributed by atoms with E-state index >= 15 is 0 Å². The molecular formula is C19H30Cl2N4O2. The van der Waals surface area contributed by atoms with Gasteiger partial charge in [0, 0.05) is 44.3 Å². The van der Waals surface area contributed by atoms with Crippen molar-refractivity contribution >= 4 is 42.3 Å². The minimum absolute atomic E-state index is 0. The Morgan fingerprint density at radius 1 is 1.19 bits per heavy atom. The van der Waals surface area contributed by atoms with Crippen molar-refractivity contribution in [2.45, 2.75) is 31.7 Å². The van der Waals surface area contributed by atoms with Gasteiger partial charge in [-0.3, -0.25) is 9.59 Å². The third-order valence-corrected chi connectivity index (χ3v) is 5.02. The van der Waals surface area contributed by atoms with Crippen LogP contribution in [0.3, 0.4) is 0 Å². The van der Waals surface area contributed by atoms with Gasteiger partial charge in [0.1, 0.15) is 0 Å². The monoisotopic (exact) mass is 416 g/mol. The van der Waals surface area contributed by atoms with Crippen LogP contribution < -0.4 is 10.6 Å². The van der Waals surface area contributed by atoms with E-state index in [1.54, 1.807) is 0 Å². The number of nitrogens with one attached hydrogen (secondary N) is 2. The molecule has 2 saturated heterocycles. The van der Waals surface area contributed by atoms with Crippen molar-refractivity contribution in [3.63, 3.8) is 0 Å². The number of hydrogen-bond acceptors (Lipinski definition) is 4. The van der Waals surface area contributed by atoms with Gasteiger partial charge >= 0.3 is 0 Å². The van der Waals surface area contributed by atoms with Gasteiger partial charge in [-0.15, -0.1) is 24.8 Å². The lowest BCUT2D eigenvalue weighted by atomic mass is 10.1. The Balaban J connectivity index is 0.00000182. The van der Waals surface area contributed by atoms with Crippen LogP contribution in [0.5, 0.6) is 0 Å². The van der Waals surface area contributed by atoms with E-state index in [1.807, 2.05) is 29.2 Å². The Hall–Kier alpha value is -1.34. The lowest BCUT2D eigenvalue weighted by molar-refractivity contribution is -0.132. The summed E-state index contributed by atoms with van der Waals surface area (Å²) in [7, 11) is 2.08. The molecule has 0 aliphatic carbocycles. The standard InChI is InChI=1S/C19H28N4O2.2ClH/c1-22-8-10-23(11-9-22)19(25)13-15-4-2-5-17(12-15)21-18(24)14-16-6-3-7-20-16;;/h2,4-5,12,16,20H,3,6-11,13-14H2,1H3,(H,21,24);2*1H. The molecule has 2 aliphatic rings. The highest BCUT2D eigenvalue weighted by Gasteiger charge is 2.20. The van der Waals surface area contributed by atoms with Gasteiger partial charge in [-0.1, -0.05) is 12.1 Å². The Morgan fingerprint density at radius 2 is 1.93 bits per heavy atom. The maximum absolute atomic E-state index is 12.4. The van der Waals surface area contributed by atoms with Crippen molar-refractivity contribution < 1.29 is 9.59 Å². The molecule has 152 valence electrons. The summed E-state index contributed by atoms with van der Waals surface area (Å²) in [6, 6.07) is 7.93. The summed E-state index contributed by atoms with van der Waals surface area (Å²) in [5.74, 6) is 0.189. The van der Waals surface area contributed by atoms with Crippen molar-refractivity contribution in [3.8, 4) is 0 Å². The molecule has 2 heterocycles. The van der Waals surface area contributed by atoms with E-state index in [0.29, 0.717) is 18.9 Å². The SMILES string of the molecule is CN1CCN(C(=O)Cc2cccc(NC(=O)CC3CCCN3)c2)CC1.Cl.Cl. The molecular weight excluding hydrogens is 387 g/mol. The van der Waals surface area contributed by atoms with Crippen molar-refractivity contribution in [1.82, 2.24) is 15.1 Å². The number of rotatable bonds is 5. The average molecular weight is 417 g/mol. The third kappa shape index (κ3) is 7.30. The van der Waals surface area contributed by atoms with Gasteiger partial charge in [-0.2, -0.15) is 0 Å². The minimum atomic E-state index is 0. The van der Waals surface area contributed by atoms with Crippen LogP contribution in [0.2, 0.25) is 0 Å². The molecule has 2 aliphatic heterocycles. The van der Waals surface area contributed by atoms with Gasteiger partial charge in [-0.25, -0.2) is 0 Å². The number of likely N-dealkylation sites (N-methyl/N-ethyl adjacent to an activating group) is 1. The van der Waals surface area contributed by atoms with Crippen LogP contribution in [0.1, 0.15) is 24.8 Å². The molecule has 0 radical (unpaired) electrons. The molecule has 0 saturated carbocycles. The molecule has 8 heteroatoms. The maximum Gasteiger partial charge on any atom is 0.227 e. The van der Waals surface area contributed by atoms with E-state index in [9.17, 15) is 9.59 Å². The minimum Gasteiger partial charge on any atom is -0.340 e. The Morgan fingerprint density at radius 3 is 2.59 bits per heavy atom. The molecule has 2 N–H and O–H groups in total. The normalized spacial score (nSPS) is 19.7. The highest BCUT2D eigenvalue weighted by Crippen LogP contribution is 2.15. The predicted octanol–water partition coefficient (Wildman–Crippen LogP) is 1.93. The van der Waals surface area contributed by atoms with E-state index in [-0.39, 0.29) is 36.6 Å². The number of nitrogens with zero attached hydrogens (tertiary/aromatic N) is 2. The molecule has 1 aromatic rings. The van der Waals surface area contributed by atoms with Gasteiger partial charge < -0.3 is 20.4 Å². The summed E-state index contributed by atoms with van der Waals surface area (Å²) >= 11 is 0. The van der Waals surface area contributed by atoms with Gasteiger partial charge in [0.15, 0.2) is 0 Å². The van der Waals surface area contributed by atoms with Gasteiger partial charge in [-0.05, 0) is 44.1 Å². The van der Waals surface area contributed by atoms with E-state index in [2.05, 4.69) is 22.6 Å². The molecule has 27 heavy (non-hydrogen) atoms. The quantitative estimate of drug-likeness (QED) is 0.769. The zero-order valence-electron chi connectivity index (χ0n) is 15.8. The number of carbonyl (C=O) groups is 2.